The summed E-state index contributed by atoms with van der Waals surface area (Å²) in [7, 11) is -3.39. The quantitative estimate of drug-likeness (QED) is 0.783. The van der Waals surface area contributed by atoms with E-state index >= 15 is 0 Å². The summed E-state index contributed by atoms with van der Waals surface area (Å²) in [5.41, 5.74) is 1.30. The van der Waals surface area contributed by atoms with Gasteiger partial charge in [-0.25, -0.2) is 12.8 Å². The Morgan fingerprint density at radius 2 is 1.92 bits per heavy atom. The largest absolute Gasteiger partial charge is 0.294 e. The minimum Gasteiger partial charge on any atom is -0.294 e. The molecule has 3 rings (SSSR count). The standard InChI is InChI=1S/C19H16FNO3S/c1-11-9-13(6-8-16(11)25(2,23)24)17-14(10-21)5-7-15(20)18(17)19(22)12-3-4-12/h5-9,12H,3-4H2,1-2H3. The first-order valence-electron chi connectivity index (χ1n) is 7.82. The Labute approximate surface area is 145 Å². The molecule has 6 heteroatoms. The molecule has 0 saturated heterocycles. The molecule has 0 aliphatic heterocycles. The van der Waals surface area contributed by atoms with Gasteiger partial charge < -0.3 is 0 Å². The highest BCUT2D eigenvalue weighted by molar-refractivity contribution is 7.90. The summed E-state index contributed by atoms with van der Waals surface area (Å²) in [4.78, 5) is 12.7. The lowest BCUT2D eigenvalue weighted by Gasteiger charge is -2.14. The number of nitriles is 1. The van der Waals surface area contributed by atoms with E-state index in [1.807, 2.05) is 6.07 Å². The van der Waals surface area contributed by atoms with Gasteiger partial charge in [0.2, 0.25) is 0 Å². The summed E-state index contributed by atoms with van der Waals surface area (Å²) in [6, 6.07) is 9.00. The van der Waals surface area contributed by atoms with Crippen LogP contribution in [-0.4, -0.2) is 20.5 Å². The molecule has 1 fully saturated rings. The number of halogens is 1. The van der Waals surface area contributed by atoms with E-state index in [0.717, 1.165) is 25.2 Å². The summed E-state index contributed by atoms with van der Waals surface area (Å²) in [6.45, 7) is 1.63. The summed E-state index contributed by atoms with van der Waals surface area (Å²) >= 11 is 0. The number of ketones is 1. The van der Waals surface area contributed by atoms with Crippen LogP contribution in [0.15, 0.2) is 35.2 Å². The lowest BCUT2D eigenvalue weighted by Crippen LogP contribution is -2.09. The molecule has 0 atom stereocenters. The smallest absolute Gasteiger partial charge is 0.175 e. The van der Waals surface area contributed by atoms with Gasteiger partial charge in [-0.1, -0.05) is 12.1 Å². The molecule has 0 heterocycles. The molecule has 0 spiro atoms. The summed E-state index contributed by atoms with van der Waals surface area (Å²) < 4.78 is 38.0. The van der Waals surface area contributed by atoms with Gasteiger partial charge in [-0.2, -0.15) is 5.26 Å². The molecule has 4 nitrogen and oxygen atoms in total. The predicted molar refractivity (Wildman–Crippen MR) is 91.5 cm³/mol. The zero-order valence-electron chi connectivity index (χ0n) is 13.8. The first-order valence-corrected chi connectivity index (χ1v) is 9.71. The van der Waals surface area contributed by atoms with Gasteiger partial charge in [0.25, 0.3) is 0 Å². The van der Waals surface area contributed by atoms with Crippen molar-refractivity contribution in [1.29, 1.82) is 5.26 Å². The second kappa shape index (κ2) is 6.08. The molecule has 1 aliphatic rings. The number of benzene rings is 2. The number of carbonyl (C=O) groups excluding carboxylic acids is 1. The van der Waals surface area contributed by atoms with E-state index in [1.54, 1.807) is 13.0 Å². The average Bonchev–Trinajstić information content (AvgIpc) is 3.37. The maximum atomic E-state index is 14.4. The second-order valence-corrected chi connectivity index (χ2v) is 8.33. The van der Waals surface area contributed by atoms with Crippen LogP contribution in [0.4, 0.5) is 4.39 Å². The predicted octanol–water partition coefficient (Wildman–Crippen LogP) is 3.67. The van der Waals surface area contributed by atoms with Gasteiger partial charge in [-0.15, -0.1) is 0 Å². The molecule has 0 N–H and O–H groups in total. The van der Waals surface area contributed by atoms with Crippen molar-refractivity contribution in [2.24, 2.45) is 5.92 Å². The van der Waals surface area contributed by atoms with Crippen molar-refractivity contribution in [3.63, 3.8) is 0 Å². The molecule has 1 aliphatic carbocycles. The van der Waals surface area contributed by atoms with Crippen LogP contribution in [-0.2, 0) is 9.84 Å². The average molecular weight is 357 g/mol. The van der Waals surface area contributed by atoms with E-state index in [0.29, 0.717) is 11.1 Å². The molecule has 2 aromatic carbocycles. The Kier molecular flexibility index (Phi) is 4.21. The van der Waals surface area contributed by atoms with Crippen molar-refractivity contribution in [2.45, 2.75) is 24.7 Å². The van der Waals surface area contributed by atoms with E-state index in [2.05, 4.69) is 0 Å². The first kappa shape index (κ1) is 17.3. The van der Waals surface area contributed by atoms with Crippen molar-refractivity contribution in [2.75, 3.05) is 6.26 Å². The second-order valence-electron chi connectivity index (χ2n) is 6.35. The van der Waals surface area contributed by atoms with E-state index < -0.39 is 15.7 Å². The number of hydrogen-bond donors (Lipinski definition) is 0. The molecule has 2 aromatic rings. The van der Waals surface area contributed by atoms with E-state index in [9.17, 15) is 22.9 Å². The molecule has 0 aromatic heterocycles. The van der Waals surface area contributed by atoms with Crippen molar-refractivity contribution >= 4 is 15.6 Å². The van der Waals surface area contributed by atoms with Crippen molar-refractivity contribution in [3.05, 3.63) is 52.8 Å². The monoisotopic (exact) mass is 357 g/mol. The van der Waals surface area contributed by atoms with Gasteiger partial charge in [0.1, 0.15) is 5.82 Å². The molecule has 128 valence electrons. The first-order chi connectivity index (χ1) is 11.7. The third-order valence-corrected chi connectivity index (χ3v) is 5.59. The highest BCUT2D eigenvalue weighted by atomic mass is 32.2. The summed E-state index contributed by atoms with van der Waals surface area (Å²) in [6.07, 6.45) is 2.56. The molecule has 25 heavy (non-hydrogen) atoms. The van der Waals surface area contributed by atoms with Crippen LogP contribution in [0.5, 0.6) is 0 Å². The van der Waals surface area contributed by atoms with Crippen LogP contribution < -0.4 is 0 Å². The lowest BCUT2D eigenvalue weighted by molar-refractivity contribution is 0.0964. The van der Waals surface area contributed by atoms with Crippen LogP contribution in [0, 0.1) is 30.0 Å². The van der Waals surface area contributed by atoms with Crippen LogP contribution in [0.25, 0.3) is 11.1 Å². The molecule has 1 saturated carbocycles. The van der Waals surface area contributed by atoms with Crippen molar-refractivity contribution in [1.82, 2.24) is 0 Å². The maximum Gasteiger partial charge on any atom is 0.175 e. The number of Topliss-reactive ketones (excluding diaryl/α,β-unsaturated/α-hetero) is 1. The maximum absolute atomic E-state index is 14.4. The molecular weight excluding hydrogens is 341 g/mol. The van der Waals surface area contributed by atoms with Crippen LogP contribution >= 0.6 is 0 Å². The number of hydrogen-bond acceptors (Lipinski definition) is 4. The molecule has 0 bridgehead atoms. The van der Waals surface area contributed by atoms with Crippen LogP contribution in [0.2, 0.25) is 0 Å². The highest BCUT2D eigenvalue weighted by Crippen LogP contribution is 2.38. The Morgan fingerprint density at radius 3 is 2.44 bits per heavy atom. The van der Waals surface area contributed by atoms with Gasteiger partial charge >= 0.3 is 0 Å². The minimum absolute atomic E-state index is 0.0759. The van der Waals surface area contributed by atoms with E-state index in [1.165, 1.54) is 18.2 Å². The number of sulfone groups is 1. The number of nitrogens with zero attached hydrogens (tertiary/aromatic N) is 1. The van der Waals surface area contributed by atoms with Crippen molar-refractivity contribution in [3.8, 4) is 17.2 Å². The fourth-order valence-corrected chi connectivity index (χ4v) is 3.94. The number of rotatable bonds is 4. The zero-order chi connectivity index (χ0) is 18.4. The fourth-order valence-electron chi connectivity index (χ4n) is 2.98. The summed E-state index contributed by atoms with van der Waals surface area (Å²) in [5.74, 6) is -1.15. The Hall–Kier alpha value is -2.52. The van der Waals surface area contributed by atoms with Gasteiger partial charge in [-0.3, -0.25) is 4.79 Å². The molecular formula is C19H16FNO3S. The van der Waals surface area contributed by atoms with Crippen molar-refractivity contribution < 1.29 is 17.6 Å². The van der Waals surface area contributed by atoms with Gasteiger partial charge in [0.05, 0.1) is 22.1 Å². The number of carbonyl (C=O) groups is 1. The van der Waals surface area contributed by atoms with Gasteiger partial charge in [0.15, 0.2) is 15.6 Å². The lowest BCUT2D eigenvalue weighted by atomic mass is 9.90. The number of aryl methyl sites for hydroxylation is 1. The van der Waals surface area contributed by atoms with Crippen LogP contribution in [0.1, 0.15) is 34.3 Å². The van der Waals surface area contributed by atoms with Crippen LogP contribution in [0.3, 0.4) is 0 Å². The van der Waals surface area contributed by atoms with Gasteiger partial charge in [0, 0.05) is 17.7 Å². The third-order valence-electron chi connectivity index (χ3n) is 4.33. The zero-order valence-corrected chi connectivity index (χ0v) is 14.7. The Bertz CT molecular complexity index is 1030. The Morgan fingerprint density at radius 1 is 1.24 bits per heavy atom. The van der Waals surface area contributed by atoms with E-state index in [4.69, 9.17) is 0 Å². The molecule has 0 amide bonds. The normalized spacial score (nSPS) is 14.2. The summed E-state index contributed by atoms with van der Waals surface area (Å²) in [5, 5.41) is 9.40. The topological polar surface area (TPSA) is 75.0 Å². The highest BCUT2D eigenvalue weighted by Gasteiger charge is 2.34. The Balaban J connectivity index is 2.26. The fraction of sp³-hybridized carbons (Fsp3) is 0.263. The van der Waals surface area contributed by atoms with E-state index in [-0.39, 0.29) is 33.3 Å². The molecule has 0 radical (unpaired) electrons. The molecule has 0 unspecified atom stereocenters. The third kappa shape index (κ3) is 3.20. The SMILES string of the molecule is Cc1cc(-c2c(C#N)ccc(F)c2C(=O)C2CC2)ccc1S(C)(=O)=O. The van der Waals surface area contributed by atoms with Gasteiger partial charge in [-0.05, 0) is 49.1 Å². The minimum atomic E-state index is -3.39.